The molecule has 1 amide bonds. The maximum Gasteiger partial charge on any atom is 0.221 e. The molecule has 0 spiro atoms. The van der Waals surface area contributed by atoms with Gasteiger partial charge in [-0.25, -0.2) is 0 Å². The maximum absolute atomic E-state index is 11.9. The standard InChI is InChI=1S/C12H22N2O2S/c15-7-9-2-1-3-11(9)14-12(16)6-10-8-17-5-4-13-10/h9-11,13,15H,1-8H2,(H,14,16). The number of carbonyl (C=O) groups excluding carboxylic acids is 1. The van der Waals surface area contributed by atoms with Crippen LogP contribution in [-0.2, 0) is 4.79 Å². The van der Waals surface area contributed by atoms with Gasteiger partial charge in [0.15, 0.2) is 0 Å². The van der Waals surface area contributed by atoms with Crippen LogP contribution < -0.4 is 10.6 Å². The summed E-state index contributed by atoms with van der Waals surface area (Å²) in [5, 5.41) is 15.7. The summed E-state index contributed by atoms with van der Waals surface area (Å²) < 4.78 is 0. The normalized spacial score (nSPS) is 33.6. The van der Waals surface area contributed by atoms with E-state index < -0.39 is 0 Å². The monoisotopic (exact) mass is 258 g/mol. The second kappa shape index (κ2) is 6.61. The minimum Gasteiger partial charge on any atom is -0.396 e. The summed E-state index contributed by atoms with van der Waals surface area (Å²) in [5.74, 6) is 2.58. The molecular weight excluding hydrogens is 236 g/mol. The number of aliphatic hydroxyl groups is 1. The minimum absolute atomic E-state index is 0.135. The molecule has 1 aliphatic carbocycles. The van der Waals surface area contributed by atoms with E-state index in [4.69, 9.17) is 0 Å². The molecule has 2 rings (SSSR count). The van der Waals surface area contributed by atoms with Gasteiger partial charge in [-0.1, -0.05) is 6.42 Å². The van der Waals surface area contributed by atoms with Crippen LogP contribution in [0.2, 0.25) is 0 Å². The van der Waals surface area contributed by atoms with Crippen molar-refractivity contribution in [2.45, 2.75) is 37.8 Å². The van der Waals surface area contributed by atoms with Crippen LogP contribution in [0.3, 0.4) is 0 Å². The van der Waals surface area contributed by atoms with Crippen molar-refractivity contribution in [2.24, 2.45) is 5.92 Å². The Kier molecular flexibility index (Phi) is 5.13. The molecule has 0 aromatic heterocycles. The van der Waals surface area contributed by atoms with Crippen molar-refractivity contribution in [3.8, 4) is 0 Å². The van der Waals surface area contributed by atoms with E-state index >= 15 is 0 Å². The summed E-state index contributed by atoms with van der Waals surface area (Å²) in [7, 11) is 0. The number of carbonyl (C=O) groups is 1. The first-order valence-corrected chi connectivity index (χ1v) is 7.66. The van der Waals surface area contributed by atoms with Gasteiger partial charge in [-0.3, -0.25) is 4.79 Å². The van der Waals surface area contributed by atoms with Crippen molar-refractivity contribution in [2.75, 3.05) is 24.7 Å². The van der Waals surface area contributed by atoms with Crippen LogP contribution in [0, 0.1) is 5.92 Å². The summed E-state index contributed by atoms with van der Waals surface area (Å²) in [6.07, 6.45) is 3.75. The fourth-order valence-corrected chi connectivity index (χ4v) is 3.63. The third-order valence-corrected chi connectivity index (χ3v) is 4.80. The number of amides is 1. The van der Waals surface area contributed by atoms with Crippen molar-refractivity contribution in [3.63, 3.8) is 0 Å². The Balaban J connectivity index is 1.72. The highest BCUT2D eigenvalue weighted by Gasteiger charge is 2.28. The van der Waals surface area contributed by atoms with Gasteiger partial charge in [0.05, 0.1) is 0 Å². The Morgan fingerprint density at radius 3 is 3.06 bits per heavy atom. The molecule has 3 N–H and O–H groups in total. The van der Waals surface area contributed by atoms with Crippen LogP contribution in [0.25, 0.3) is 0 Å². The highest BCUT2D eigenvalue weighted by Crippen LogP contribution is 2.25. The molecule has 98 valence electrons. The highest BCUT2D eigenvalue weighted by molar-refractivity contribution is 7.99. The SMILES string of the molecule is O=C(CC1CSCCN1)NC1CCCC1CO. The summed E-state index contributed by atoms with van der Waals surface area (Å²) in [6.45, 7) is 1.20. The first-order valence-electron chi connectivity index (χ1n) is 6.51. The Morgan fingerprint density at radius 2 is 2.35 bits per heavy atom. The Hall–Kier alpha value is -0.260. The predicted octanol–water partition coefficient (Wildman–Crippen LogP) is 0.359. The van der Waals surface area contributed by atoms with E-state index in [2.05, 4.69) is 10.6 Å². The maximum atomic E-state index is 11.9. The first kappa shape index (κ1) is 13.2. The first-order chi connectivity index (χ1) is 8.29. The lowest BCUT2D eigenvalue weighted by Crippen LogP contribution is -2.44. The van der Waals surface area contributed by atoms with Gasteiger partial charge < -0.3 is 15.7 Å². The van der Waals surface area contributed by atoms with Gasteiger partial charge in [0.25, 0.3) is 0 Å². The van der Waals surface area contributed by atoms with Gasteiger partial charge in [-0.05, 0) is 12.8 Å². The van der Waals surface area contributed by atoms with Gasteiger partial charge in [-0.2, -0.15) is 11.8 Å². The van der Waals surface area contributed by atoms with Gasteiger partial charge in [0.1, 0.15) is 0 Å². The minimum atomic E-state index is 0.135. The molecule has 5 heteroatoms. The third kappa shape index (κ3) is 3.86. The van der Waals surface area contributed by atoms with E-state index in [1.807, 2.05) is 11.8 Å². The average molecular weight is 258 g/mol. The second-order valence-electron chi connectivity index (χ2n) is 4.98. The molecule has 17 heavy (non-hydrogen) atoms. The Bertz CT molecular complexity index is 257. The number of hydrogen-bond donors (Lipinski definition) is 3. The number of thioether (sulfide) groups is 1. The largest absolute Gasteiger partial charge is 0.396 e. The summed E-state index contributed by atoms with van der Waals surface area (Å²) in [4.78, 5) is 11.9. The van der Waals surface area contributed by atoms with Gasteiger partial charge in [-0.15, -0.1) is 0 Å². The van der Waals surface area contributed by atoms with Crippen LogP contribution in [0.1, 0.15) is 25.7 Å². The summed E-state index contributed by atoms with van der Waals surface area (Å²) >= 11 is 1.91. The lowest BCUT2D eigenvalue weighted by Gasteiger charge is -2.24. The van der Waals surface area contributed by atoms with E-state index in [1.165, 1.54) is 0 Å². The molecule has 1 saturated heterocycles. The zero-order valence-corrected chi connectivity index (χ0v) is 11.0. The van der Waals surface area contributed by atoms with E-state index in [-0.39, 0.29) is 24.5 Å². The quantitative estimate of drug-likeness (QED) is 0.681. The van der Waals surface area contributed by atoms with E-state index in [9.17, 15) is 9.90 Å². The van der Waals surface area contributed by atoms with E-state index in [1.54, 1.807) is 0 Å². The smallest absolute Gasteiger partial charge is 0.221 e. The Morgan fingerprint density at radius 1 is 1.47 bits per heavy atom. The zero-order chi connectivity index (χ0) is 12.1. The van der Waals surface area contributed by atoms with Gasteiger partial charge >= 0.3 is 0 Å². The molecule has 0 aromatic rings. The van der Waals surface area contributed by atoms with Gasteiger partial charge in [0, 0.05) is 49.1 Å². The molecule has 0 radical (unpaired) electrons. The zero-order valence-electron chi connectivity index (χ0n) is 10.2. The van der Waals surface area contributed by atoms with E-state index in [0.717, 1.165) is 37.3 Å². The molecule has 0 bridgehead atoms. The van der Waals surface area contributed by atoms with Crippen molar-refractivity contribution in [1.82, 2.24) is 10.6 Å². The molecule has 3 unspecified atom stereocenters. The van der Waals surface area contributed by atoms with Crippen LogP contribution in [0.4, 0.5) is 0 Å². The van der Waals surface area contributed by atoms with E-state index in [0.29, 0.717) is 12.5 Å². The summed E-state index contributed by atoms with van der Waals surface area (Å²) in [5.41, 5.74) is 0. The van der Waals surface area contributed by atoms with Crippen molar-refractivity contribution in [1.29, 1.82) is 0 Å². The van der Waals surface area contributed by atoms with Crippen LogP contribution >= 0.6 is 11.8 Å². The lowest BCUT2D eigenvalue weighted by atomic mass is 10.0. The average Bonchev–Trinajstić information content (AvgIpc) is 2.77. The second-order valence-corrected chi connectivity index (χ2v) is 6.13. The molecule has 1 saturated carbocycles. The van der Waals surface area contributed by atoms with Crippen molar-refractivity contribution in [3.05, 3.63) is 0 Å². The molecule has 1 aliphatic heterocycles. The predicted molar refractivity (Wildman–Crippen MR) is 70.1 cm³/mol. The molecule has 0 aromatic carbocycles. The number of hydrogen-bond acceptors (Lipinski definition) is 4. The van der Waals surface area contributed by atoms with Crippen molar-refractivity contribution >= 4 is 17.7 Å². The number of aliphatic hydroxyl groups excluding tert-OH is 1. The van der Waals surface area contributed by atoms with Crippen LogP contribution in [-0.4, -0.2) is 47.8 Å². The highest BCUT2D eigenvalue weighted by atomic mass is 32.2. The number of nitrogens with one attached hydrogen (secondary N) is 2. The lowest BCUT2D eigenvalue weighted by molar-refractivity contribution is -0.122. The van der Waals surface area contributed by atoms with Crippen molar-refractivity contribution < 1.29 is 9.90 Å². The topological polar surface area (TPSA) is 61.4 Å². The van der Waals surface area contributed by atoms with Gasteiger partial charge in [0.2, 0.25) is 5.91 Å². The molecular formula is C12H22N2O2S. The molecule has 2 fully saturated rings. The molecule has 1 heterocycles. The van der Waals surface area contributed by atoms with Crippen LogP contribution in [0.15, 0.2) is 0 Å². The fraction of sp³-hybridized carbons (Fsp3) is 0.917. The molecule has 4 nitrogen and oxygen atoms in total. The summed E-state index contributed by atoms with van der Waals surface area (Å²) in [6, 6.07) is 0.520. The fourth-order valence-electron chi connectivity index (χ4n) is 2.69. The number of rotatable bonds is 4. The van der Waals surface area contributed by atoms with Crippen LogP contribution in [0.5, 0.6) is 0 Å². The third-order valence-electron chi connectivity index (χ3n) is 3.67. The molecule has 2 aliphatic rings. The Labute approximate surface area is 107 Å². The molecule has 3 atom stereocenters.